The summed E-state index contributed by atoms with van der Waals surface area (Å²) >= 11 is 7.40. The van der Waals surface area contributed by atoms with Gasteiger partial charge in [-0.2, -0.15) is 0 Å². The molecule has 0 saturated carbocycles. The van der Waals surface area contributed by atoms with Gasteiger partial charge < -0.3 is 5.11 Å². The highest BCUT2D eigenvalue weighted by molar-refractivity contribution is 7.99. The van der Waals surface area contributed by atoms with Gasteiger partial charge in [0.1, 0.15) is 0 Å². The molecule has 0 amide bonds. The van der Waals surface area contributed by atoms with E-state index in [1.807, 2.05) is 6.92 Å². The molecule has 0 aliphatic rings. The van der Waals surface area contributed by atoms with Gasteiger partial charge in [-0.3, -0.25) is 0 Å². The van der Waals surface area contributed by atoms with Gasteiger partial charge >= 0.3 is 5.97 Å². The van der Waals surface area contributed by atoms with Crippen molar-refractivity contribution in [2.45, 2.75) is 11.8 Å². The largest absolute Gasteiger partial charge is 0.478 e. The second-order valence-electron chi connectivity index (χ2n) is 2.38. The molecule has 1 aromatic rings. The molecule has 70 valence electrons. The Morgan fingerprint density at radius 1 is 1.62 bits per heavy atom. The third kappa shape index (κ3) is 2.64. The van der Waals surface area contributed by atoms with Crippen molar-refractivity contribution in [1.29, 1.82) is 0 Å². The topological polar surface area (TPSA) is 37.3 Å². The van der Waals surface area contributed by atoms with Crippen molar-refractivity contribution in [3.63, 3.8) is 0 Å². The van der Waals surface area contributed by atoms with E-state index in [0.717, 1.165) is 10.6 Å². The van der Waals surface area contributed by atoms with Crippen LogP contribution in [-0.4, -0.2) is 16.8 Å². The normalized spacial score (nSPS) is 10.0. The van der Waals surface area contributed by atoms with E-state index >= 15 is 0 Å². The average molecular weight is 217 g/mol. The van der Waals surface area contributed by atoms with Crippen LogP contribution in [0.3, 0.4) is 0 Å². The van der Waals surface area contributed by atoms with Gasteiger partial charge in [-0.1, -0.05) is 18.5 Å². The van der Waals surface area contributed by atoms with E-state index in [1.165, 1.54) is 6.07 Å². The molecule has 2 nitrogen and oxygen atoms in total. The van der Waals surface area contributed by atoms with Crippen LogP contribution in [-0.2, 0) is 0 Å². The van der Waals surface area contributed by atoms with Crippen LogP contribution in [0.4, 0.5) is 0 Å². The average Bonchev–Trinajstić information content (AvgIpc) is 2.04. The Morgan fingerprint density at radius 2 is 2.31 bits per heavy atom. The van der Waals surface area contributed by atoms with Crippen molar-refractivity contribution in [2.24, 2.45) is 0 Å². The third-order valence-corrected chi connectivity index (χ3v) is 2.67. The molecule has 0 unspecified atom stereocenters. The first-order valence-corrected chi connectivity index (χ1v) is 5.17. The van der Waals surface area contributed by atoms with Crippen LogP contribution < -0.4 is 0 Å². The lowest BCUT2D eigenvalue weighted by atomic mass is 10.2. The highest BCUT2D eigenvalue weighted by Gasteiger charge is 2.08. The zero-order chi connectivity index (χ0) is 9.84. The summed E-state index contributed by atoms with van der Waals surface area (Å²) < 4.78 is 0. The fourth-order valence-electron chi connectivity index (χ4n) is 0.926. The quantitative estimate of drug-likeness (QED) is 0.789. The fourth-order valence-corrected chi connectivity index (χ4v) is 1.95. The predicted octanol–water partition coefficient (Wildman–Crippen LogP) is 3.15. The molecule has 0 heterocycles. The lowest BCUT2D eigenvalue weighted by Gasteiger charge is -2.01. The molecule has 0 spiro atoms. The second-order valence-corrected chi connectivity index (χ2v) is 4.12. The van der Waals surface area contributed by atoms with Crippen molar-refractivity contribution in [3.05, 3.63) is 28.8 Å². The van der Waals surface area contributed by atoms with Gasteiger partial charge in [-0.15, -0.1) is 11.8 Å². The zero-order valence-electron chi connectivity index (χ0n) is 7.08. The molecule has 0 atom stereocenters. The van der Waals surface area contributed by atoms with Gasteiger partial charge in [-0.05, 0) is 24.0 Å². The number of hydrogen-bond donors (Lipinski definition) is 1. The number of carboxylic acid groups (broad SMARTS) is 1. The van der Waals surface area contributed by atoms with E-state index in [9.17, 15) is 4.79 Å². The highest BCUT2D eigenvalue weighted by Crippen LogP contribution is 2.24. The highest BCUT2D eigenvalue weighted by atomic mass is 35.5. The number of thioether (sulfide) groups is 1. The van der Waals surface area contributed by atoms with Crippen LogP contribution >= 0.6 is 23.4 Å². The van der Waals surface area contributed by atoms with Crippen LogP contribution in [0.2, 0.25) is 5.02 Å². The minimum atomic E-state index is -0.988. The molecule has 13 heavy (non-hydrogen) atoms. The monoisotopic (exact) mass is 216 g/mol. The molecular weight excluding hydrogens is 208 g/mol. The van der Waals surface area contributed by atoms with E-state index in [1.54, 1.807) is 23.9 Å². The maximum Gasteiger partial charge on any atom is 0.337 e. The van der Waals surface area contributed by atoms with Gasteiger partial charge in [-0.25, -0.2) is 4.79 Å². The number of halogens is 1. The molecule has 0 fully saturated rings. The van der Waals surface area contributed by atoms with Gasteiger partial charge in [0.25, 0.3) is 0 Å². The first-order chi connectivity index (χ1) is 6.15. The Hall–Kier alpha value is -0.670. The smallest absolute Gasteiger partial charge is 0.337 e. The van der Waals surface area contributed by atoms with E-state index < -0.39 is 5.97 Å². The van der Waals surface area contributed by atoms with Crippen molar-refractivity contribution >= 4 is 29.3 Å². The number of aromatic carboxylic acids is 1. The first kappa shape index (κ1) is 10.4. The summed E-state index contributed by atoms with van der Waals surface area (Å²) in [7, 11) is 0. The van der Waals surface area contributed by atoms with Crippen LogP contribution in [0.15, 0.2) is 23.1 Å². The Balaban J connectivity index is 2.98. The van der Waals surface area contributed by atoms with Crippen molar-refractivity contribution < 1.29 is 9.90 Å². The summed E-state index contributed by atoms with van der Waals surface area (Å²) in [6, 6.07) is 4.98. The van der Waals surface area contributed by atoms with Crippen LogP contribution in [0.1, 0.15) is 17.3 Å². The zero-order valence-corrected chi connectivity index (χ0v) is 8.65. The van der Waals surface area contributed by atoms with Gasteiger partial charge in [0.2, 0.25) is 0 Å². The van der Waals surface area contributed by atoms with E-state index in [0.29, 0.717) is 5.02 Å². The first-order valence-electron chi connectivity index (χ1n) is 3.80. The Bertz CT molecular complexity index is 325. The number of hydrogen-bond acceptors (Lipinski definition) is 2. The predicted molar refractivity (Wildman–Crippen MR) is 54.8 cm³/mol. The molecule has 1 rings (SSSR count). The van der Waals surface area contributed by atoms with Crippen LogP contribution in [0.5, 0.6) is 0 Å². The molecule has 0 bridgehead atoms. The van der Waals surface area contributed by atoms with Crippen LogP contribution in [0.25, 0.3) is 0 Å². The third-order valence-electron chi connectivity index (χ3n) is 1.48. The summed E-state index contributed by atoms with van der Waals surface area (Å²) in [5.41, 5.74) is 0.155. The number of rotatable bonds is 3. The van der Waals surface area contributed by atoms with Crippen molar-refractivity contribution in [2.75, 3.05) is 5.75 Å². The van der Waals surface area contributed by atoms with E-state index in [-0.39, 0.29) is 5.56 Å². The minimum absolute atomic E-state index is 0.155. The fraction of sp³-hybridized carbons (Fsp3) is 0.222. The standard InChI is InChI=1S/C9H9ClO2S/c1-2-13-6-3-4-7(9(11)12)8(10)5-6/h3-5H,2H2,1H3,(H,11,12). The SMILES string of the molecule is CCSc1ccc(C(=O)O)c(Cl)c1. The lowest BCUT2D eigenvalue weighted by molar-refractivity contribution is 0.0697. The number of carboxylic acids is 1. The molecular formula is C9H9ClO2S. The lowest BCUT2D eigenvalue weighted by Crippen LogP contribution is -1.96. The molecule has 0 saturated heterocycles. The van der Waals surface area contributed by atoms with Gasteiger partial charge in [0.15, 0.2) is 0 Å². The second kappa shape index (κ2) is 4.53. The van der Waals surface area contributed by atoms with Gasteiger partial charge in [0.05, 0.1) is 10.6 Å². The summed E-state index contributed by atoms with van der Waals surface area (Å²) in [5, 5.41) is 8.99. The molecule has 0 radical (unpaired) electrons. The molecule has 0 aliphatic carbocycles. The summed E-state index contributed by atoms with van der Waals surface area (Å²) in [6.07, 6.45) is 0. The summed E-state index contributed by atoms with van der Waals surface area (Å²) in [6.45, 7) is 2.03. The molecule has 1 N–H and O–H groups in total. The van der Waals surface area contributed by atoms with Gasteiger partial charge in [0, 0.05) is 4.90 Å². The minimum Gasteiger partial charge on any atom is -0.478 e. The van der Waals surface area contributed by atoms with E-state index in [2.05, 4.69) is 0 Å². The molecule has 4 heteroatoms. The molecule has 0 aliphatic heterocycles. The Kier molecular flexibility index (Phi) is 3.63. The van der Waals surface area contributed by atoms with Crippen molar-refractivity contribution in [1.82, 2.24) is 0 Å². The number of benzene rings is 1. The maximum absolute atomic E-state index is 10.6. The maximum atomic E-state index is 10.6. The van der Waals surface area contributed by atoms with E-state index in [4.69, 9.17) is 16.7 Å². The Labute approximate surface area is 85.9 Å². The summed E-state index contributed by atoms with van der Waals surface area (Å²) in [4.78, 5) is 11.6. The molecule has 0 aromatic heterocycles. The van der Waals surface area contributed by atoms with Crippen LogP contribution in [0, 0.1) is 0 Å². The van der Waals surface area contributed by atoms with Crippen molar-refractivity contribution in [3.8, 4) is 0 Å². The number of carbonyl (C=O) groups is 1. The summed E-state index contributed by atoms with van der Waals surface area (Å²) in [5.74, 6) is -0.0407. The molecule has 1 aromatic carbocycles. The Morgan fingerprint density at radius 3 is 2.77 bits per heavy atom.